The number of benzene rings is 2. The number of aryl methyl sites for hydroxylation is 2. The van der Waals surface area contributed by atoms with E-state index in [2.05, 4.69) is 114 Å². The van der Waals surface area contributed by atoms with Crippen molar-refractivity contribution < 1.29 is 52.2 Å². The Balaban J connectivity index is 0.000000326. The summed E-state index contributed by atoms with van der Waals surface area (Å²) in [4.78, 5) is 0. The molecule has 256 valence electrons. The Morgan fingerprint density at radius 3 is 1.80 bits per heavy atom. The van der Waals surface area contributed by atoms with Gasteiger partial charge in [0.2, 0.25) is 6.33 Å². The summed E-state index contributed by atoms with van der Waals surface area (Å²) in [6.45, 7) is 6.87. The van der Waals surface area contributed by atoms with E-state index in [0.717, 1.165) is 36.1 Å². The number of sulfonamides is 2. The highest BCUT2D eigenvalue weighted by molar-refractivity contribution is 8.13. The van der Waals surface area contributed by atoms with Crippen molar-refractivity contribution in [2.24, 2.45) is 7.05 Å². The normalized spacial score (nSPS) is 16.6. The smallest absolute Gasteiger partial charge is 0.421 e. The molecule has 0 spiro atoms. The van der Waals surface area contributed by atoms with Crippen LogP contribution < -0.4 is 9.88 Å². The molecule has 0 aliphatic carbocycles. The van der Waals surface area contributed by atoms with E-state index in [9.17, 15) is 43.2 Å². The number of alkyl halides is 6. The van der Waals surface area contributed by atoms with Crippen molar-refractivity contribution in [2.45, 2.75) is 67.6 Å². The molecule has 0 bridgehead atoms. The number of aromatic nitrogens is 2. The maximum atomic E-state index is 11.4. The molecule has 0 amide bonds. The summed E-state index contributed by atoms with van der Waals surface area (Å²) in [5.74, 6) is 0. The lowest BCUT2D eigenvalue weighted by Gasteiger charge is -2.45. The first-order chi connectivity index (χ1) is 21.2. The van der Waals surface area contributed by atoms with Crippen molar-refractivity contribution in [2.75, 3.05) is 6.54 Å². The minimum atomic E-state index is -6.72. The molecular weight excluding hydrogens is 679 g/mol. The zero-order chi connectivity index (χ0) is 34.4. The maximum Gasteiger partial charge on any atom is 0.480 e. The third-order valence-corrected chi connectivity index (χ3v) is 12.4. The number of rotatable bonds is 11. The van der Waals surface area contributed by atoms with Gasteiger partial charge in [0.25, 0.3) is 0 Å². The molecule has 0 saturated carbocycles. The van der Waals surface area contributed by atoms with Crippen LogP contribution >= 0.6 is 0 Å². The van der Waals surface area contributed by atoms with Crippen LogP contribution in [0.25, 0.3) is 4.13 Å². The van der Waals surface area contributed by atoms with Crippen molar-refractivity contribution in [3.8, 4) is 0 Å². The largest absolute Gasteiger partial charge is 0.480 e. The van der Waals surface area contributed by atoms with Gasteiger partial charge < -0.3 is 13.9 Å². The van der Waals surface area contributed by atoms with Crippen molar-refractivity contribution in [3.05, 3.63) is 94.6 Å². The summed E-state index contributed by atoms with van der Waals surface area (Å²) in [6.07, 6.45) is 9.86. The highest BCUT2D eigenvalue weighted by atomic mass is 32.3. The first-order valence-corrected chi connectivity index (χ1v) is 20.1. The second-order valence-electron chi connectivity index (χ2n) is 11.3. The van der Waals surface area contributed by atoms with E-state index in [1.54, 1.807) is 0 Å². The minimum Gasteiger partial charge on any atom is -0.421 e. The van der Waals surface area contributed by atoms with Crippen molar-refractivity contribution in [1.29, 1.82) is 0 Å². The lowest BCUT2D eigenvalue weighted by atomic mass is 9.79. The maximum absolute atomic E-state index is 11.4. The van der Waals surface area contributed by atoms with Gasteiger partial charge in [-0.1, -0.05) is 60.7 Å². The van der Waals surface area contributed by atoms with Crippen molar-refractivity contribution in [1.82, 2.24) is 9.88 Å². The molecule has 3 aromatic rings. The Morgan fingerprint density at radius 2 is 1.41 bits per heavy atom. The van der Waals surface area contributed by atoms with E-state index in [1.165, 1.54) is 17.5 Å². The molecular formula is C28H36F6N4O5S2Si. The van der Waals surface area contributed by atoms with Crippen LogP contribution in [0.1, 0.15) is 30.4 Å². The summed E-state index contributed by atoms with van der Waals surface area (Å²) in [5.41, 5.74) is -10.3. The first kappa shape index (κ1) is 37.7. The van der Waals surface area contributed by atoms with Gasteiger partial charge in [-0.2, -0.15) is 26.3 Å². The zero-order valence-electron chi connectivity index (χ0n) is 25.3. The standard InChI is InChI=1S/C26H36N3OSi.C2F6NO4S2/c1-28-19-20-29(22-28)18-11-21-31(2,3)30-26(25-16-10-17-27-25,23-12-6-4-7-13-23)24-14-8-5-9-15-24;3-1(4,5)14(10,11)9-15(12,13)2(6,7)8/h4-9,12-15,19-20,22,25,27H,10-11,16-18,21H2,1-3H3;/q+1;-1/t25-;/m0./s1. The highest BCUT2D eigenvalue weighted by Crippen LogP contribution is 2.43. The molecule has 9 nitrogen and oxygen atoms in total. The molecule has 18 heteroatoms. The molecule has 0 unspecified atom stereocenters. The summed E-state index contributed by atoms with van der Waals surface area (Å²) in [7, 11) is -13.4. The quantitative estimate of drug-likeness (QED) is 0.156. The topological polar surface area (TPSA) is 112 Å². The molecule has 1 atom stereocenters. The molecule has 2 heterocycles. The van der Waals surface area contributed by atoms with Crippen molar-refractivity contribution >= 4 is 28.4 Å². The third-order valence-electron chi connectivity index (χ3n) is 7.19. The Labute approximate surface area is 265 Å². The Kier molecular flexibility index (Phi) is 11.9. The van der Waals surface area contributed by atoms with E-state index in [0.29, 0.717) is 0 Å². The van der Waals surface area contributed by atoms with Gasteiger partial charge in [-0.05, 0) is 56.1 Å². The summed E-state index contributed by atoms with van der Waals surface area (Å²) in [5, 5.41) is 3.79. The first-order valence-electron chi connectivity index (χ1n) is 14.1. The van der Waals surface area contributed by atoms with Crippen LogP contribution in [0.2, 0.25) is 19.1 Å². The molecule has 1 N–H and O–H groups in total. The second kappa shape index (κ2) is 14.6. The van der Waals surface area contributed by atoms with Crippen LogP contribution in [0.4, 0.5) is 26.3 Å². The van der Waals surface area contributed by atoms with Gasteiger partial charge in [-0.25, -0.2) is 26.0 Å². The van der Waals surface area contributed by atoms with Gasteiger partial charge in [-0.3, -0.25) is 0 Å². The van der Waals surface area contributed by atoms with Crippen LogP contribution in [0.3, 0.4) is 0 Å². The van der Waals surface area contributed by atoms with E-state index in [1.807, 2.05) is 0 Å². The van der Waals surface area contributed by atoms with Crippen molar-refractivity contribution in [3.63, 3.8) is 0 Å². The van der Waals surface area contributed by atoms with Gasteiger partial charge in [0.1, 0.15) is 18.0 Å². The number of hydrogen-bond acceptors (Lipinski definition) is 6. The molecule has 0 radical (unpaired) electrons. The fourth-order valence-corrected chi connectivity index (χ4v) is 9.25. The monoisotopic (exact) mass is 714 g/mol. The average molecular weight is 715 g/mol. The molecule has 1 fully saturated rings. The number of imidazole rings is 1. The van der Waals surface area contributed by atoms with E-state index >= 15 is 0 Å². The van der Waals surface area contributed by atoms with Crippen LogP contribution in [-0.2, 0) is 43.7 Å². The SMILES string of the molecule is C[n+]1ccn(CCC[Si](C)(C)OC(c2ccccc2)(c2ccccc2)[C@@H]2CCCN2)c1.O=S(=O)([N-]S(=O)(=O)C(F)(F)F)C(F)(F)F. The molecule has 2 aromatic carbocycles. The number of nitrogens with zero attached hydrogens (tertiary/aromatic N) is 3. The second-order valence-corrected chi connectivity index (χ2v) is 19.0. The van der Waals surface area contributed by atoms with Crippen LogP contribution in [0, 0.1) is 0 Å². The Hall–Kier alpha value is -2.77. The lowest BCUT2D eigenvalue weighted by molar-refractivity contribution is -0.671. The summed E-state index contributed by atoms with van der Waals surface area (Å²) in [6, 6.07) is 23.2. The van der Waals surface area contributed by atoms with Gasteiger partial charge in [0, 0.05) is 6.04 Å². The number of hydrogen-bond donors (Lipinski definition) is 1. The summed E-state index contributed by atoms with van der Waals surface area (Å²) < 4.78 is 121. The molecule has 4 rings (SSSR count). The average Bonchev–Trinajstić information content (AvgIpc) is 3.64. The molecule has 1 aliphatic heterocycles. The third kappa shape index (κ3) is 9.40. The van der Waals surface area contributed by atoms with Crippen LogP contribution in [0.5, 0.6) is 0 Å². The highest BCUT2D eigenvalue weighted by Gasteiger charge is 2.48. The van der Waals surface area contributed by atoms with Gasteiger partial charge in [0.15, 0.2) is 28.4 Å². The van der Waals surface area contributed by atoms with Crippen LogP contribution in [-0.4, -0.2) is 53.3 Å². The predicted octanol–water partition coefficient (Wildman–Crippen LogP) is 5.68. The minimum absolute atomic E-state index is 0.285. The molecule has 1 aliphatic rings. The van der Waals surface area contributed by atoms with E-state index in [4.69, 9.17) is 4.43 Å². The number of nitrogens with one attached hydrogen (secondary N) is 1. The van der Waals surface area contributed by atoms with E-state index < -0.39 is 45.0 Å². The number of halogens is 6. The van der Waals surface area contributed by atoms with E-state index in [-0.39, 0.29) is 6.04 Å². The molecule has 46 heavy (non-hydrogen) atoms. The van der Waals surface area contributed by atoms with Gasteiger partial charge in [-0.15, -0.1) is 0 Å². The predicted molar refractivity (Wildman–Crippen MR) is 162 cm³/mol. The Morgan fingerprint density at radius 1 is 0.913 bits per heavy atom. The Bertz CT molecular complexity index is 1550. The fraction of sp³-hybridized carbons (Fsp3) is 0.464. The van der Waals surface area contributed by atoms with Crippen LogP contribution in [0.15, 0.2) is 79.4 Å². The van der Waals surface area contributed by atoms with Gasteiger partial charge in [0.05, 0.1) is 13.6 Å². The summed E-state index contributed by atoms with van der Waals surface area (Å²) >= 11 is 0. The fourth-order valence-electron chi connectivity index (χ4n) is 5.18. The lowest BCUT2D eigenvalue weighted by Crippen LogP contribution is -2.53. The zero-order valence-corrected chi connectivity index (χ0v) is 27.9. The van der Waals surface area contributed by atoms with Gasteiger partial charge >= 0.3 is 11.0 Å². The molecule has 1 aromatic heterocycles. The molecule has 1 saturated heterocycles.